The van der Waals surface area contributed by atoms with Crippen molar-refractivity contribution in [3.8, 4) is 0 Å². The number of aliphatic hydroxyl groups excluding tert-OH is 1. The molecule has 0 aliphatic rings. The van der Waals surface area contributed by atoms with Crippen molar-refractivity contribution in [3.05, 3.63) is 27.3 Å². The van der Waals surface area contributed by atoms with E-state index < -0.39 is 0 Å². The van der Waals surface area contributed by atoms with E-state index in [4.69, 9.17) is 16.3 Å². The average molecular weight is 334 g/mol. The fraction of sp³-hybridized carbons (Fsp3) is 0.417. The van der Waals surface area contributed by atoms with Crippen molar-refractivity contribution in [1.29, 1.82) is 0 Å². The van der Waals surface area contributed by atoms with E-state index in [1.807, 2.05) is 10.7 Å². The predicted octanol–water partition coefficient (Wildman–Crippen LogP) is 2.98. The van der Waals surface area contributed by atoms with Crippen molar-refractivity contribution in [2.45, 2.75) is 19.6 Å². The van der Waals surface area contributed by atoms with Gasteiger partial charge in [-0.2, -0.15) is 5.10 Å². The zero-order valence-electron chi connectivity index (χ0n) is 9.99. The van der Waals surface area contributed by atoms with Crippen molar-refractivity contribution in [1.82, 2.24) is 9.78 Å². The van der Waals surface area contributed by atoms with Gasteiger partial charge in [0.05, 0.1) is 22.5 Å². The third-order valence-electron chi connectivity index (χ3n) is 2.72. The van der Waals surface area contributed by atoms with Gasteiger partial charge >= 0.3 is 0 Å². The molecule has 0 amide bonds. The Morgan fingerprint density at radius 1 is 1.50 bits per heavy atom. The van der Waals surface area contributed by atoms with Crippen molar-refractivity contribution in [2.24, 2.45) is 0 Å². The molecule has 1 aromatic carbocycles. The summed E-state index contributed by atoms with van der Waals surface area (Å²) in [5.41, 5.74) is 1.71. The van der Waals surface area contributed by atoms with Gasteiger partial charge < -0.3 is 9.84 Å². The zero-order valence-corrected chi connectivity index (χ0v) is 12.3. The summed E-state index contributed by atoms with van der Waals surface area (Å²) in [4.78, 5) is 0. The maximum absolute atomic E-state index is 9.21. The molecular formula is C12H14BrClN2O2. The molecule has 0 aliphatic carbocycles. The number of hydrogen-bond acceptors (Lipinski definition) is 3. The number of aromatic nitrogens is 2. The molecule has 1 N–H and O–H groups in total. The molecular weight excluding hydrogens is 320 g/mol. The molecule has 0 saturated carbocycles. The molecule has 0 bridgehead atoms. The van der Waals surface area contributed by atoms with Gasteiger partial charge in [-0.15, -0.1) is 0 Å². The molecule has 18 heavy (non-hydrogen) atoms. The molecule has 2 aromatic rings. The molecule has 2 rings (SSSR count). The van der Waals surface area contributed by atoms with Crippen LogP contribution >= 0.6 is 27.5 Å². The van der Waals surface area contributed by atoms with E-state index in [0.29, 0.717) is 11.6 Å². The molecule has 4 nitrogen and oxygen atoms in total. The van der Waals surface area contributed by atoms with Gasteiger partial charge in [-0.1, -0.05) is 11.6 Å². The summed E-state index contributed by atoms with van der Waals surface area (Å²) in [6.07, 6.45) is 0.876. The largest absolute Gasteiger partial charge is 0.392 e. The Labute approximate surface area is 119 Å². The molecule has 0 radical (unpaired) electrons. The summed E-state index contributed by atoms with van der Waals surface area (Å²) >= 11 is 9.62. The first-order valence-corrected chi connectivity index (χ1v) is 6.78. The number of aliphatic hydroxyl groups is 1. The molecule has 0 saturated heterocycles. The van der Waals surface area contributed by atoms with Crippen molar-refractivity contribution < 1.29 is 9.84 Å². The number of fused-ring (bicyclic) bond motifs is 1. The van der Waals surface area contributed by atoms with Gasteiger partial charge in [0.15, 0.2) is 0 Å². The Morgan fingerprint density at radius 3 is 2.94 bits per heavy atom. The maximum Gasteiger partial charge on any atom is 0.137 e. The SMILES string of the molecule is COCCCn1nc(Br)c2c(Cl)cc(CO)cc21. The first kappa shape index (κ1) is 13.8. The summed E-state index contributed by atoms with van der Waals surface area (Å²) < 4.78 is 7.64. The molecule has 98 valence electrons. The lowest BCUT2D eigenvalue weighted by atomic mass is 10.2. The van der Waals surface area contributed by atoms with Gasteiger partial charge in [0.2, 0.25) is 0 Å². The minimum absolute atomic E-state index is 0.0312. The maximum atomic E-state index is 9.21. The molecule has 0 atom stereocenters. The van der Waals surface area contributed by atoms with E-state index >= 15 is 0 Å². The molecule has 0 unspecified atom stereocenters. The molecule has 0 aliphatic heterocycles. The van der Waals surface area contributed by atoms with Gasteiger partial charge in [-0.3, -0.25) is 4.68 Å². The second-order valence-electron chi connectivity index (χ2n) is 3.99. The van der Waals surface area contributed by atoms with Gasteiger partial charge in [0.25, 0.3) is 0 Å². The normalized spacial score (nSPS) is 11.3. The third kappa shape index (κ3) is 2.69. The Kier molecular flexibility index (Phi) is 4.61. The number of halogens is 2. The van der Waals surface area contributed by atoms with Crippen LogP contribution in [0.3, 0.4) is 0 Å². The number of hydrogen-bond donors (Lipinski definition) is 1. The summed E-state index contributed by atoms with van der Waals surface area (Å²) in [5.74, 6) is 0. The van der Waals surface area contributed by atoms with Crippen LogP contribution in [0.4, 0.5) is 0 Å². The number of benzene rings is 1. The van der Waals surface area contributed by atoms with E-state index in [1.165, 1.54) is 0 Å². The third-order valence-corrected chi connectivity index (χ3v) is 3.58. The predicted molar refractivity (Wildman–Crippen MR) is 74.9 cm³/mol. The quantitative estimate of drug-likeness (QED) is 0.856. The van der Waals surface area contributed by atoms with E-state index in [0.717, 1.165) is 34.0 Å². The van der Waals surface area contributed by atoms with E-state index in [9.17, 15) is 5.11 Å². The van der Waals surface area contributed by atoms with Crippen LogP contribution in [-0.4, -0.2) is 28.6 Å². The Bertz CT molecular complexity index is 556. The monoisotopic (exact) mass is 332 g/mol. The second kappa shape index (κ2) is 6.02. The van der Waals surface area contributed by atoms with Crippen molar-refractivity contribution in [2.75, 3.05) is 13.7 Å². The van der Waals surface area contributed by atoms with Crippen LogP contribution in [0.2, 0.25) is 5.02 Å². The molecule has 0 fully saturated rings. The summed E-state index contributed by atoms with van der Waals surface area (Å²) in [6.45, 7) is 1.41. The average Bonchev–Trinajstić information content (AvgIpc) is 2.67. The minimum Gasteiger partial charge on any atom is -0.392 e. The number of rotatable bonds is 5. The highest BCUT2D eigenvalue weighted by Gasteiger charge is 2.13. The van der Waals surface area contributed by atoms with E-state index in [1.54, 1.807) is 13.2 Å². The van der Waals surface area contributed by atoms with Gasteiger partial charge in [0, 0.05) is 20.3 Å². The highest BCUT2D eigenvalue weighted by Crippen LogP contribution is 2.31. The fourth-order valence-corrected chi connectivity index (χ4v) is 2.93. The van der Waals surface area contributed by atoms with Crippen LogP contribution in [-0.2, 0) is 17.9 Å². The van der Waals surface area contributed by atoms with E-state index in [2.05, 4.69) is 21.0 Å². The Balaban J connectivity index is 2.44. The second-order valence-corrected chi connectivity index (χ2v) is 5.15. The minimum atomic E-state index is -0.0312. The highest BCUT2D eigenvalue weighted by molar-refractivity contribution is 9.10. The Morgan fingerprint density at radius 2 is 2.28 bits per heavy atom. The van der Waals surface area contributed by atoms with Crippen molar-refractivity contribution in [3.63, 3.8) is 0 Å². The first-order valence-electron chi connectivity index (χ1n) is 5.61. The van der Waals surface area contributed by atoms with Gasteiger partial charge in [-0.25, -0.2) is 0 Å². The summed E-state index contributed by atoms with van der Waals surface area (Å²) in [5, 5.41) is 15.1. The van der Waals surface area contributed by atoms with Crippen LogP contribution in [0, 0.1) is 0 Å². The number of methoxy groups -OCH3 is 1. The number of aryl methyl sites for hydroxylation is 1. The van der Waals surface area contributed by atoms with Gasteiger partial charge in [-0.05, 0) is 40.0 Å². The number of nitrogens with zero attached hydrogens (tertiary/aromatic N) is 2. The summed E-state index contributed by atoms with van der Waals surface area (Å²) in [7, 11) is 1.68. The van der Waals surface area contributed by atoms with Crippen LogP contribution in [0.25, 0.3) is 10.9 Å². The number of ether oxygens (including phenoxy) is 1. The van der Waals surface area contributed by atoms with Gasteiger partial charge in [0.1, 0.15) is 4.60 Å². The lowest BCUT2D eigenvalue weighted by molar-refractivity contribution is 0.189. The van der Waals surface area contributed by atoms with E-state index in [-0.39, 0.29) is 6.61 Å². The van der Waals surface area contributed by atoms with Crippen LogP contribution in [0.5, 0.6) is 0 Å². The fourth-order valence-electron chi connectivity index (χ4n) is 1.88. The highest BCUT2D eigenvalue weighted by atomic mass is 79.9. The smallest absolute Gasteiger partial charge is 0.137 e. The van der Waals surface area contributed by atoms with Crippen LogP contribution in [0.1, 0.15) is 12.0 Å². The molecule has 1 aromatic heterocycles. The molecule has 0 spiro atoms. The lowest BCUT2D eigenvalue weighted by Crippen LogP contribution is -2.03. The first-order chi connectivity index (χ1) is 8.67. The van der Waals surface area contributed by atoms with Crippen LogP contribution in [0.15, 0.2) is 16.7 Å². The van der Waals surface area contributed by atoms with Crippen molar-refractivity contribution >= 4 is 38.4 Å². The zero-order chi connectivity index (χ0) is 13.1. The van der Waals surface area contributed by atoms with Crippen LogP contribution < -0.4 is 0 Å². The summed E-state index contributed by atoms with van der Waals surface area (Å²) in [6, 6.07) is 3.67. The standard InChI is InChI=1S/C12H14BrClN2O2/c1-18-4-2-3-16-10-6-8(7-17)5-9(14)11(10)12(13)15-16/h5-6,17H,2-4,7H2,1H3. The molecule has 6 heteroatoms. The molecule has 1 heterocycles. The lowest BCUT2D eigenvalue weighted by Gasteiger charge is -2.05. The Hall–Kier alpha value is -0.620. The topological polar surface area (TPSA) is 47.3 Å².